The van der Waals surface area contributed by atoms with E-state index in [-0.39, 0.29) is 0 Å². The molecule has 0 spiro atoms. The van der Waals surface area contributed by atoms with Gasteiger partial charge < -0.3 is 14.9 Å². The van der Waals surface area contributed by atoms with Gasteiger partial charge in [0.1, 0.15) is 6.10 Å². The Balaban J connectivity index is 2.42. The number of hydrogen-bond donors (Lipinski definition) is 2. The highest BCUT2D eigenvalue weighted by atomic mass is 19.3. The zero-order valence-electron chi connectivity index (χ0n) is 9.46. The van der Waals surface area contributed by atoms with Gasteiger partial charge in [-0.25, -0.2) is 4.79 Å². The van der Waals surface area contributed by atoms with Crippen LogP contribution in [0.15, 0.2) is 17.1 Å². The molecule has 0 aromatic carbocycles. The second-order valence-electron chi connectivity index (χ2n) is 4.09. The molecule has 2 rings (SSSR count). The smallest absolute Gasteiger partial charge is 0.350 e. The van der Waals surface area contributed by atoms with E-state index in [4.69, 9.17) is 9.84 Å². The third kappa shape index (κ3) is 1.92. The van der Waals surface area contributed by atoms with Crippen molar-refractivity contribution in [2.24, 2.45) is 0 Å². The summed E-state index contributed by atoms with van der Waals surface area (Å²) in [4.78, 5) is 15.0. The number of ether oxygens (including phenoxy) is 1. The first-order valence-electron chi connectivity index (χ1n) is 5.26. The van der Waals surface area contributed by atoms with Gasteiger partial charge in [-0.2, -0.15) is 13.8 Å². The van der Waals surface area contributed by atoms with E-state index in [1.54, 1.807) is 6.92 Å². The lowest BCUT2D eigenvalue weighted by molar-refractivity contribution is -0.141. The molecule has 0 radical (unpaired) electrons. The molecule has 18 heavy (non-hydrogen) atoms. The SMILES string of the molecule is Cc1ccn([C@@H]2O[C@H](CO)[C@H](O)C2(F)F)c(=O)n1. The van der Waals surface area contributed by atoms with E-state index >= 15 is 0 Å². The van der Waals surface area contributed by atoms with Crippen molar-refractivity contribution in [3.05, 3.63) is 28.4 Å². The minimum absolute atomic E-state index is 0.386. The second-order valence-corrected chi connectivity index (χ2v) is 4.09. The maximum absolute atomic E-state index is 13.7. The Labute approximate surface area is 100 Å². The van der Waals surface area contributed by atoms with Gasteiger partial charge in [-0.3, -0.25) is 4.57 Å². The lowest BCUT2D eigenvalue weighted by atomic mass is 10.1. The Morgan fingerprint density at radius 2 is 2.28 bits per heavy atom. The fraction of sp³-hybridized carbons (Fsp3) is 0.600. The molecule has 6 nitrogen and oxygen atoms in total. The largest absolute Gasteiger partial charge is 0.394 e. The molecule has 0 unspecified atom stereocenters. The van der Waals surface area contributed by atoms with Gasteiger partial charge in [-0.15, -0.1) is 0 Å². The predicted molar refractivity (Wildman–Crippen MR) is 55.2 cm³/mol. The van der Waals surface area contributed by atoms with E-state index in [0.717, 1.165) is 6.20 Å². The first-order chi connectivity index (χ1) is 8.37. The quantitative estimate of drug-likeness (QED) is 0.746. The van der Waals surface area contributed by atoms with Gasteiger partial charge >= 0.3 is 11.6 Å². The summed E-state index contributed by atoms with van der Waals surface area (Å²) in [6.07, 6.45) is -4.44. The Hall–Kier alpha value is -1.38. The number of halogens is 2. The van der Waals surface area contributed by atoms with Crippen LogP contribution in [0.25, 0.3) is 0 Å². The van der Waals surface area contributed by atoms with Crippen molar-refractivity contribution in [3.63, 3.8) is 0 Å². The molecule has 0 saturated carbocycles. The van der Waals surface area contributed by atoms with Crippen LogP contribution < -0.4 is 5.69 Å². The van der Waals surface area contributed by atoms with Crippen molar-refractivity contribution in [2.45, 2.75) is 31.3 Å². The summed E-state index contributed by atoms with van der Waals surface area (Å²) in [6, 6.07) is 1.37. The van der Waals surface area contributed by atoms with Crippen LogP contribution in [0, 0.1) is 6.92 Å². The summed E-state index contributed by atoms with van der Waals surface area (Å²) in [5.74, 6) is -3.67. The van der Waals surface area contributed by atoms with Crippen LogP contribution in [-0.4, -0.2) is 44.5 Å². The molecule has 0 amide bonds. The van der Waals surface area contributed by atoms with Crippen LogP contribution in [0.2, 0.25) is 0 Å². The standard InChI is InChI=1S/C10H12F2N2O4/c1-5-2-3-14(9(17)13-5)8-10(11,12)7(16)6(4-15)18-8/h2-3,6-8,15-16H,4H2,1H3/t6-,7+,8-/m1/s1. The van der Waals surface area contributed by atoms with E-state index in [0.29, 0.717) is 10.3 Å². The third-order valence-corrected chi connectivity index (χ3v) is 2.78. The predicted octanol–water partition coefficient (Wildman–Crippen LogP) is -0.562. The molecule has 3 atom stereocenters. The van der Waals surface area contributed by atoms with Gasteiger partial charge in [0.15, 0.2) is 6.10 Å². The summed E-state index contributed by atoms with van der Waals surface area (Å²) >= 11 is 0. The lowest BCUT2D eigenvalue weighted by Gasteiger charge is -2.20. The highest BCUT2D eigenvalue weighted by molar-refractivity contribution is 5.01. The lowest BCUT2D eigenvalue weighted by Crippen LogP contribution is -2.41. The minimum atomic E-state index is -3.67. The number of alkyl halides is 2. The monoisotopic (exact) mass is 262 g/mol. The highest BCUT2D eigenvalue weighted by Gasteiger charge is 2.59. The zero-order chi connectivity index (χ0) is 13.5. The van der Waals surface area contributed by atoms with E-state index < -0.39 is 36.7 Å². The molecular formula is C10H12F2N2O4. The molecule has 8 heteroatoms. The fourth-order valence-corrected chi connectivity index (χ4v) is 1.79. The van der Waals surface area contributed by atoms with Gasteiger partial charge in [-0.1, -0.05) is 0 Å². The number of hydrogen-bond acceptors (Lipinski definition) is 5. The Kier molecular flexibility index (Phi) is 3.18. The summed E-state index contributed by atoms with van der Waals surface area (Å²) in [5.41, 5.74) is -0.512. The summed E-state index contributed by atoms with van der Waals surface area (Å²) in [6.45, 7) is 0.784. The first-order valence-corrected chi connectivity index (χ1v) is 5.26. The Bertz CT molecular complexity index is 505. The molecular weight excluding hydrogens is 250 g/mol. The normalized spacial score (nSPS) is 30.6. The van der Waals surface area contributed by atoms with Crippen LogP contribution in [0.4, 0.5) is 8.78 Å². The fourth-order valence-electron chi connectivity index (χ4n) is 1.79. The number of aliphatic hydroxyl groups is 2. The first kappa shape index (κ1) is 13.1. The molecule has 1 aliphatic rings. The zero-order valence-corrected chi connectivity index (χ0v) is 9.46. The number of aryl methyl sites for hydroxylation is 1. The van der Waals surface area contributed by atoms with Crippen molar-refractivity contribution in [2.75, 3.05) is 6.61 Å². The number of aromatic nitrogens is 2. The summed E-state index contributed by atoms with van der Waals surface area (Å²) < 4.78 is 32.9. The molecule has 1 aromatic rings. The van der Waals surface area contributed by atoms with Crippen molar-refractivity contribution < 1.29 is 23.7 Å². The van der Waals surface area contributed by atoms with E-state index in [1.165, 1.54) is 6.07 Å². The molecule has 1 fully saturated rings. The maximum atomic E-state index is 13.7. The molecule has 100 valence electrons. The van der Waals surface area contributed by atoms with E-state index in [2.05, 4.69) is 4.98 Å². The van der Waals surface area contributed by atoms with Crippen LogP contribution in [0.1, 0.15) is 11.9 Å². The van der Waals surface area contributed by atoms with Gasteiger partial charge in [0.2, 0.25) is 6.23 Å². The van der Waals surface area contributed by atoms with Crippen LogP contribution in [-0.2, 0) is 4.74 Å². The minimum Gasteiger partial charge on any atom is -0.394 e. The Morgan fingerprint density at radius 1 is 1.61 bits per heavy atom. The summed E-state index contributed by atoms with van der Waals surface area (Å²) in [7, 11) is 0. The van der Waals surface area contributed by atoms with Crippen molar-refractivity contribution in [1.82, 2.24) is 9.55 Å². The molecule has 2 N–H and O–H groups in total. The molecule has 2 heterocycles. The van der Waals surface area contributed by atoms with E-state index in [1.807, 2.05) is 0 Å². The average molecular weight is 262 g/mol. The third-order valence-electron chi connectivity index (χ3n) is 2.78. The van der Waals surface area contributed by atoms with Gasteiger partial charge in [0, 0.05) is 11.9 Å². The molecule has 1 saturated heterocycles. The van der Waals surface area contributed by atoms with Gasteiger partial charge in [-0.05, 0) is 13.0 Å². The molecule has 0 aliphatic carbocycles. The van der Waals surface area contributed by atoms with Crippen molar-refractivity contribution >= 4 is 0 Å². The number of aliphatic hydroxyl groups excluding tert-OH is 2. The number of rotatable bonds is 2. The van der Waals surface area contributed by atoms with Gasteiger partial charge in [0.05, 0.1) is 6.61 Å². The van der Waals surface area contributed by atoms with Crippen LogP contribution >= 0.6 is 0 Å². The second kappa shape index (κ2) is 4.38. The average Bonchev–Trinajstić information content (AvgIpc) is 2.52. The van der Waals surface area contributed by atoms with Gasteiger partial charge in [0.25, 0.3) is 0 Å². The number of nitrogens with zero attached hydrogens (tertiary/aromatic N) is 2. The topological polar surface area (TPSA) is 84.6 Å². The van der Waals surface area contributed by atoms with Crippen molar-refractivity contribution in [1.29, 1.82) is 0 Å². The molecule has 1 aliphatic heterocycles. The van der Waals surface area contributed by atoms with Crippen LogP contribution in [0.3, 0.4) is 0 Å². The Morgan fingerprint density at radius 3 is 2.78 bits per heavy atom. The van der Waals surface area contributed by atoms with E-state index in [9.17, 15) is 18.7 Å². The summed E-state index contributed by atoms with van der Waals surface area (Å²) in [5, 5.41) is 18.1. The maximum Gasteiger partial charge on any atom is 0.350 e. The van der Waals surface area contributed by atoms with Crippen molar-refractivity contribution in [3.8, 4) is 0 Å². The molecule has 0 bridgehead atoms. The van der Waals surface area contributed by atoms with Crippen LogP contribution in [0.5, 0.6) is 0 Å². The highest BCUT2D eigenvalue weighted by Crippen LogP contribution is 2.41. The molecule has 1 aromatic heterocycles.